The highest BCUT2D eigenvalue weighted by molar-refractivity contribution is 14.1. The summed E-state index contributed by atoms with van der Waals surface area (Å²) in [6.45, 7) is 4.06. The number of ether oxygens (including phenoxy) is 2. The maximum atomic E-state index is 12.9. The topological polar surface area (TPSA) is 52.8 Å². The third-order valence-corrected chi connectivity index (χ3v) is 5.81. The van der Waals surface area contributed by atoms with Crippen LogP contribution in [-0.2, 0) is 0 Å². The van der Waals surface area contributed by atoms with E-state index < -0.39 is 0 Å². The molecule has 136 valence electrons. The molecule has 0 unspecified atom stereocenters. The van der Waals surface area contributed by atoms with Gasteiger partial charge in [0.25, 0.3) is 5.56 Å². The lowest BCUT2D eigenvalue weighted by Crippen LogP contribution is -2.22. The van der Waals surface area contributed by atoms with Gasteiger partial charge in [-0.25, -0.2) is 9.38 Å². The maximum absolute atomic E-state index is 12.9. The molecular formula is C20H15IN2O3S. The van der Waals surface area contributed by atoms with Crippen molar-refractivity contribution in [3.63, 3.8) is 0 Å². The van der Waals surface area contributed by atoms with Gasteiger partial charge in [0.1, 0.15) is 6.61 Å². The van der Waals surface area contributed by atoms with Crippen molar-refractivity contribution in [3.8, 4) is 11.5 Å². The van der Waals surface area contributed by atoms with E-state index in [4.69, 9.17) is 9.47 Å². The highest BCUT2D eigenvalue weighted by Gasteiger charge is 2.13. The maximum Gasteiger partial charge on any atom is 0.274 e. The second-order valence-electron chi connectivity index (χ2n) is 5.77. The summed E-state index contributed by atoms with van der Waals surface area (Å²) >= 11 is 3.58. The third kappa shape index (κ3) is 3.21. The summed E-state index contributed by atoms with van der Waals surface area (Å²) < 4.78 is 14.3. The standard InChI is InChI=1S/C20H15IN2O3S/c1-3-8-26-18-13(21)9-12(10-16(18)25-2)11-17-19(24)23-15-7-5-4-6-14(15)22-20(23)27-17/h3-7,9-11H,1,8H2,2H3/b17-11-. The number of halogens is 1. The number of hydrogen-bond donors (Lipinski definition) is 0. The normalized spacial score (nSPS) is 12.0. The minimum absolute atomic E-state index is 0.0651. The number of imidazole rings is 1. The molecule has 2 aromatic heterocycles. The minimum Gasteiger partial charge on any atom is -0.493 e. The van der Waals surface area contributed by atoms with Crippen LogP contribution in [0, 0.1) is 3.57 Å². The van der Waals surface area contributed by atoms with Gasteiger partial charge in [-0.05, 0) is 58.5 Å². The van der Waals surface area contributed by atoms with Crippen molar-refractivity contribution in [3.05, 3.63) is 73.1 Å². The van der Waals surface area contributed by atoms with Gasteiger partial charge in [-0.15, -0.1) is 0 Å². The summed E-state index contributed by atoms with van der Waals surface area (Å²) in [6.07, 6.45) is 3.55. The molecule has 0 fully saturated rings. The lowest BCUT2D eigenvalue weighted by Gasteiger charge is -2.12. The summed E-state index contributed by atoms with van der Waals surface area (Å²) in [5.74, 6) is 1.29. The van der Waals surface area contributed by atoms with Crippen LogP contribution >= 0.6 is 33.9 Å². The quantitative estimate of drug-likeness (QED) is 0.317. The fraction of sp³-hybridized carbons (Fsp3) is 0.100. The Morgan fingerprint density at radius 3 is 2.93 bits per heavy atom. The van der Waals surface area contributed by atoms with Crippen LogP contribution in [0.1, 0.15) is 5.56 Å². The average Bonchev–Trinajstić information content (AvgIpc) is 3.17. The molecule has 0 amide bonds. The van der Waals surface area contributed by atoms with Crippen LogP contribution in [0.4, 0.5) is 0 Å². The number of rotatable bonds is 5. The zero-order valence-corrected chi connectivity index (χ0v) is 17.4. The molecule has 2 heterocycles. The summed E-state index contributed by atoms with van der Waals surface area (Å²) in [5, 5.41) is 0. The van der Waals surface area contributed by atoms with Crippen LogP contribution < -0.4 is 19.6 Å². The molecule has 27 heavy (non-hydrogen) atoms. The van der Waals surface area contributed by atoms with E-state index in [0.717, 1.165) is 20.2 Å². The molecule has 0 atom stereocenters. The third-order valence-electron chi connectivity index (χ3n) is 4.04. The number of benzene rings is 2. The number of hydrogen-bond acceptors (Lipinski definition) is 5. The average molecular weight is 490 g/mol. The Labute approximate surface area is 172 Å². The van der Waals surface area contributed by atoms with Crippen LogP contribution in [0.3, 0.4) is 0 Å². The van der Waals surface area contributed by atoms with Gasteiger partial charge in [0.05, 0.1) is 26.2 Å². The second-order valence-corrected chi connectivity index (χ2v) is 7.94. The van der Waals surface area contributed by atoms with E-state index in [0.29, 0.717) is 27.6 Å². The molecule has 0 spiro atoms. The number of para-hydroxylation sites is 2. The highest BCUT2D eigenvalue weighted by atomic mass is 127. The predicted molar refractivity (Wildman–Crippen MR) is 117 cm³/mol. The van der Waals surface area contributed by atoms with Gasteiger partial charge in [0.2, 0.25) is 0 Å². The smallest absolute Gasteiger partial charge is 0.274 e. The molecule has 0 aliphatic heterocycles. The Morgan fingerprint density at radius 1 is 1.33 bits per heavy atom. The minimum atomic E-state index is -0.0651. The van der Waals surface area contributed by atoms with E-state index in [1.807, 2.05) is 42.5 Å². The Kier molecular flexibility index (Phi) is 4.88. The van der Waals surface area contributed by atoms with E-state index in [1.54, 1.807) is 17.6 Å². The summed E-state index contributed by atoms with van der Waals surface area (Å²) in [7, 11) is 1.60. The van der Waals surface area contributed by atoms with Crippen LogP contribution in [0.15, 0.2) is 53.8 Å². The summed E-state index contributed by atoms with van der Waals surface area (Å²) in [4.78, 5) is 18.1. The zero-order valence-electron chi connectivity index (χ0n) is 14.4. The van der Waals surface area contributed by atoms with Gasteiger partial charge < -0.3 is 9.47 Å². The van der Waals surface area contributed by atoms with Crippen LogP contribution in [0.2, 0.25) is 0 Å². The Balaban J connectivity index is 1.86. The van der Waals surface area contributed by atoms with Gasteiger partial charge >= 0.3 is 0 Å². The van der Waals surface area contributed by atoms with Crippen LogP contribution in [0.5, 0.6) is 11.5 Å². The number of fused-ring (bicyclic) bond motifs is 3. The molecule has 0 aliphatic carbocycles. The number of aromatic nitrogens is 2. The van der Waals surface area contributed by atoms with E-state index in [9.17, 15) is 4.79 Å². The lowest BCUT2D eigenvalue weighted by atomic mass is 10.2. The molecule has 0 saturated carbocycles. The summed E-state index contributed by atoms with van der Waals surface area (Å²) in [5.41, 5.74) is 2.46. The van der Waals surface area contributed by atoms with Gasteiger partial charge in [0, 0.05) is 0 Å². The fourth-order valence-corrected chi connectivity index (χ4v) is 4.64. The molecule has 0 radical (unpaired) electrons. The van der Waals surface area contributed by atoms with Crippen molar-refractivity contribution in [1.29, 1.82) is 0 Å². The largest absolute Gasteiger partial charge is 0.493 e. The van der Waals surface area contributed by atoms with Crippen molar-refractivity contribution in [2.24, 2.45) is 0 Å². The molecule has 4 rings (SSSR count). The molecule has 4 aromatic rings. The first-order valence-electron chi connectivity index (χ1n) is 8.15. The van der Waals surface area contributed by atoms with E-state index in [1.165, 1.54) is 11.3 Å². The SMILES string of the molecule is C=CCOc1c(I)cc(/C=c2\sc3nc4ccccc4n3c2=O)cc1OC. The number of thiazole rings is 1. The van der Waals surface area contributed by atoms with Crippen LogP contribution in [0.25, 0.3) is 22.1 Å². The molecule has 0 aliphatic rings. The molecular weight excluding hydrogens is 475 g/mol. The van der Waals surface area contributed by atoms with Crippen molar-refractivity contribution < 1.29 is 9.47 Å². The van der Waals surface area contributed by atoms with Crippen molar-refractivity contribution in [1.82, 2.24) is 9.38 Å². The highest BCUT2D eigenvalue weighted by Crippen LogP contribution is 2.34. The lowest BCUT2D eigenvalue weighted by molar-refractivity contribution is 0.324. The molecule has 0 saturated heterocycles. The van der Waals surface area contributed by atoms with E-state index in [2.05, 4.69) is 34.2 Å². The Bertz CT molecular complexity index is 1280. The number of nitrogens with zero attached hydrogens (tertiary/aromatic N) is 2. The molecule has 2 aromatic carbocycles. The zero-order chi connectivity index (χ0) is 19.0. The Morgan fingerprint density at radius 2 is 2.15 bits per heavy atom. The van der Waals surface area contributed by atoms with Crippen molar-refractivity contribution in [2.45, 2.75) is 0 Å². The predicted octanol–water partition coefficient (Wildman–Crippen LogP) is 3.63. The molecule has 5 nitrogen and oxygen atoms in total. The first kappa shape index (κ1) is 18.0. The van der Waals surface area contributed by atoms with Gasteiger partial charge in [-0.1, -0.05) is 36.1 Å². The Hall–Kier alpha value is -2.39. The van der Waals surface area contributed by atoms with E-state index >= 15 is 0 Å². The van der Waals surface area contributed by atoms with Crippen molar-refractivity contribution >= 4 is 56.0 Å². The monoisotopic (exact) mass is 490 g/mol. The van der Waals surface area contributed by atoms with Gasteiger partial charge in [0.15, 0.2) is 16.5 Å². The van der Waals surface area contributed by atoms with Crippen LogP contribution in [-0.4, -0.2) is 23.1 Å². The van der Waals surface area contributed by atoms with Gasteiger partial charge in [-0.3, -0.25) is 4.79 Å². The first-order chi connectivity index (χ1) is 13.1. The second kappa shape index (κ2) is 7.32. The molecule has 7 heteroatoms. The van der Waals surface area contributed by atoms with E-state index in [-0.39, 0.29) is 5.56 Å². The first-order valence-corrected chi connectivity index (χ1v) is 10.0. The molecule has 0 N–H and O–H groups in total. The molecule has 0 bridgehead atoms. The summed E-state index contributed by atoms with van der Waals surface area (Å²) in [6, 6.07) is 11.5. The number of methoxy groups -OCH3 is 1. The fourth-order valence-electron chi connectivity index (χ4n) is 2.87. The van der Waals surface area contributed by atoms with Gasteiger partial charge in [-0.2, -0.15) is 0 Å². The van der Waals surface area contributed by atoms with Crippen molar-refractivity contribution in [2.75, 3.05) is 13.7 Å².